The van der Waals surface area contributed by atoms with Crippen LogP contribution >= 0.6 is 0 Å². The Hall–Kier alpha value is -1.51. The summed E-state index contributed by atoms with van der Waals surface area (Å²) in [6.45, 7) is 4.15. The molecule has 0 aromatic heterocycles. The van der Waals surface area contributed by atoms with E-state index in [1.807, 2.05) is 12.1 Å². The van der Waals surface area contributed by atoms with Gasteiger partial charge in [0.05, 0.1) is 0 Å². The zero-order valence-corrected chi connectivity index (χ0v) is 13.6. The Morgan fingerprint density at radius 3 is 2.23 bits per heavy atom. The van der Waals surface area contributed by atoms with E-state index in [0.717, 1.165) is 29.0 Å². The maximum absolute atomic E-state index is 12.5. The van der Waals surface area contributed by atoms with Crippen LogP contribution in [0.25, 0.3) is 0 Å². The summed E-state index contributed by atoms with van der Waals surface area (Å²) in [4.78, 5) is 12.5. The first-order valence-electron chi connectivity index (χ1n) is 8.68. The summed E-state index contributed by atoms with van der Waals surface area (Å²) in [5, 5.41) is 6.45. The van der Waals surface area contributed by atoms with Crippen LogP contribution in [0, 0.1) is 31.6 Å². The fourth-order valence-corrected chi connectivity index (χ4v) is 5.54. The van der Waals surface area contributed by atoms with Crippen molar-refractivity contribution in [2.75, 3.05) is 5.32 Å². The fourth-order valence-electron chi connectivity index (χ4n) is 5.54. The maximum atomic E-state index is 12.5. The van der Waals surface area contributed by atoms with Gasteiger partial charge in [-0.05, 0) is 87.3 Å². The van der Waals surface area contributed by atoms with Crippen LogP contribution in [-0.4, -0.2) is 11.6 Å². The highest BCUT2D eigenvalue weighted by atomic mass is 16.2. The Morgan fingerprint density at radius 1 is 1.05 bits per heavy atom. The zero-order valence-electron chi connectivity index (χ0n) is 13.6. The summed E-state index contributed by atoms with van der Waals surface area (Å²) in [5.74, 6) is 2.56. The van der Waals surface area contributed by atoms with Crippen molar-refractivity contribution in [3.8, 4) is 0 Å². The van der Waals surface area contributed by atoms with E-state index in [1.165, 1.54) is 44.1 Å². The lowest BCUT2D eigenvalue weighted by Gasteiger charge is -2.56. The average Bonchev–Trinajstić information content (AvgIpc) is 2.41. The Bertz CT molecular complexity index is 572. The van der Waals surface area contributed by atoms with Gasteiger partial charge >= 0.3 is 6.03 Å². The molecule has 5 rings (SSSR count). The zero-order chi connectivity index (χ0) is 15.3. The Morgan fingerprint density at radius 2 is 1.64 bits per heavy atom. The third-order valence-corrected chi connectivity index (χ3v) is 6.27. The van der Waals surface area contributed by atoms with Crippen LogP contribution in [0.1, 0.15) is 49.7 Å². The van der Waals surface area contributed by atoms with E-state index < -0.39 is 0 Å². The summed E-state index contributed by atoms with van der Waals surface area (Å²) < 4.78 is 0. The third kappa shape index (κ3) is 2.41. The van der Waals surface area contributed by atoms with Gasteiger partial charge in [0.15, 0.2) is 0 Å². The van der Waals surface area contributed by atoms with Gasteiger partial charge in [0.1, 0.15) is 0 Å². The van der Waals surface area contributed by atoms with Gasteiger partial charge in [-0.1, -0.05) is 12.1 Å². The van der Waals surface area contributed by atoms with Crippen molar-refractivity contribution in [3.05, 3.63) is 29.3 Å². The minimum Gasteiger partial charge on any atom is -0.332 e. The van der Waals surface area contributed by atoms with Crippen molar-refractivity contribution in [1.29, 1.82) is 0 Å². The number of hydrogen-bond acceptors (Lipinski definition) is 1. The predicted octanol–water partition coefficient (Wildman–Crippen LogP) is 4.39. The highest BCUT2D eigenvalue weighted by Gasteiger charge is 2.51. The molecule has 118 valence electrons. The first kappa shape index (κ1) is 14.1. The summed E-state index contributed by atoms with van der Waals surface area (Å²) in [6.07, 6.45) is 7.79. The molecule has 4 bridgehead atoms. The first-order chi connectivity index (χ1) is 10.5. The molecule has 0 spiro atoms. The monoisotopic (exact) mass is 298 g/mol. The van der Waals surface area contributed by atoms with Crippen LogP contribution < -0.4 is 10.6 Å². The molecule has 3 nitrogen and oxygen atoms in total. The van der Waals surface area contributed by atoms with Crippen molar-refractivity contribution in [1.82, 2.24) is 5.32 Å². The van der Waals surface area contributed by atoms with Crippen molar-refractivity contribution in [2.24, 2.45) is 17.8 Å². The number of carbonyl (C=O) groups excluding carboxylic acids is 1. The summed E-state index contributed by atoms with van der Waals surface area (Å²) >= 11 is 0. The van der Waals surface area contributed by atoms with Gasteiger partial charge in [-0.2, -0.15) is 0 Å². The normalized spacial score (nSPS) is 35.5. The van der Waals surface area contributed by atoms with Gasteiger partial charge in [0.25, 0.3) is 0 Å². The molecule has 0 saturated heterocycles. The van der Waals surface area contributed by atoms with Crippen LogP contribution in [0.3, 0.4) is 0 Å². The SMILES string of the molecule is Cc1cccc(NC(=O)NC23CC4CC(CC(C4)C2)C3)c1C. The minimum atomic E-state index is -0.0179. The lowest BCUT2D eigenvalue weighted by atomic mass is 9.53. The van der Waals surface area contributed by atoms with Crippen LogP contribution in [0.2, 0.25) is 0 Å². The molecule has 4 aliphatic rings. The topological polar surface area (TPSA) is 41.1 Å². The largest absolute Gasteiger partial charge is 0.332 e. The molecule has 2 N–H and O–H groups in total. The Balaban J connectivity index is 1.47. The molecule has 2 amide bonds. The summed E-state index contributed by atoms with van der Waals surface area (Å²) in [7, 11) is 0. The molecule has 0 heterocycles. The molecule has 0 unspecified atom stereocenters. The van der Waals surface area contributed by atoms with Crippen LogP contribution in [-0.2, 0) is 0 Å². The number of amides is 2. The molecular weight excluding hydrogens is 272 g/mol. The third-order valence-electron chi connectivity index (χ3n) is 6.27. The van der Waals surface area contributed by atoms with E-state index in [0.29, 0.717) is 0 Å². The second-order valence-corrected chi connectivity index (χ2v) is 8.02. The van der Waals surface area contributed by atoms with Gasteiger partial charge in [0.2, 0.25) is 0 Å². The summed E-state index contributed by atoms with van der Waals surface area (Å²) in [6, 6.07) is 6.05. The maximum Gasteiger partial charge on any atom is 0.319 e. The lowest BCUT2D eigenvalue weighted by Crippen LogP contribution is -2.60. The van der Waals surface area contributed by atoms with E-state index in [9.17, 15) is 4.79 Å². The van der Waals surface area contributed by atoms with Gasteiger partial charge < -0.3 is 10.6 Å². The first-order valence-corrected chi connectivity index (χ1v) is 8.68. The lowest BCUT2D eigenvalue weighted by molar-refractivity contribution is -0.0127. The van der Waals surface area contributed by atoms with Crippen molar-refractivity contribution >= 4 is 11.7 Å². The molecule has 4 aliphatic carbocycles. The number of benzene rings is 1. The highest BCUT2D eigenvalue weighted by molar-refractivity contribution is 5.90. The van der Waals surface area contributed by atoms with Crippen molar-refractivity contribution < 1.29 is 4.79 Å². The van der Waals surface area contributed by atoms with Crippen molar-refractivity contribution in [3.63, 3.8) is 0 Å². The number of urea groups is 1. The number of carbonyl (C=O) groups is 1. The molecule has 4 saturated carbocycles. The fraction of sp³-hybridized carbons (Fsp3) is 0.632. The smallest absolute Gasteiger partial charge is 0.319 e. The molecule has 1 aromatic rings. The van der Waals surface area contributed by atoms with E-state index in [-0.39, 0.29) is 11.6 Å². The van der Waals surface area contributed by atoms with E-state index in [1.54, 1.807) is 0 Å². The summed E-state index contributed by atoms with van der Waals surface area (Å²) in [5.41, 5.74) is 3.38. The number of rotatable bonds is 2. The second kappa shape index (κ2) is 5.00. The van der Waals surface area contributed by atoms with E-state index in [2.05, 4.69) is 30.5 Å². The van der Waals surface area contributed by atoms with Crippen LogP contribution in [0.5, 0.6) is 0 Å². The average molecular weight is 298 g/mol. The molecule has 0 radical (unpaired) electrons. The molecule has 1 aromatic carbocycles. The number of hydrogen-bond donors (Lipinski definition) is 2. The minimum absolute atomic E-state index is 0.0179. The number of aryl methyl sites for hydroxylation is 1. The standard InChI is InChI=1S/C19H26N2O/c1-12-4-3-5-17(13(12)2)20-18(22)21-19-9-14-6-15(10-19)8-16(7-14)11-19/h3-5,14-16H,6-11H2,1-2H3,(H2,20,21,22). The number of nitrogens with one attached hydrogen (secondary N) is 2. The van der Waals surface area contributed by atoms with Crippen LogP contribution in [0.4, 0.5) is 10.5 Å². The van der Waals surface area contributed by atoms with E-state index in [4.69, 9.17) is 0 Å². The molecule has 22 heavy (non-hydrogen) atoms. The molecule has 0 aliphatic heterocycles. The Kier molecular flexibility index (Phi) is 3.21. The van der Waals surface area contributed by atoms with E-state index >= 15 is 0 Å². The molecule has 3 heteroatoms. The van der Waals surface area contributed by atoms with Crippen molar-refractivity contribution in [2.45, 2.75) is 57.9 Å². The van der Waals surface area contributed by atoms with Gasteiger partial charge in [-0.15, -0.1) is 0 Å². The molecular formula is C19H26N2O. The quantitative estimate of drug-likeness (QED) is 0.835. The van der Waals surface area contributed by atoms with Gasteiger partial charge in [-0.3, -0.25) is 0 Å². The predicted molar refractivity (Wildman–Crippen MR) is 89.0 cm³/mol. The van der Waals surface area contributed by atoms with Gasteiger partial charge in [0, 0.05) is 11.2 Å². The van der Waals surface area contributed by atoms with Crippen LogP contribution in [0.15, 0.2) is 18.2 Å². The highest BCUT2D eigenvalue weighted by Crippen LogP contribution is 2.55. The number of anilines is 1. The Labute approximate surface area is 132 Å². The molecule has 4 fully saturated rings. The molecule has 0 atom stereocenters. The van der Waals surface area contributed by atoms with Gasteiger partial charge in [-0.25, -0.2) is 4.79 Å². The second-order valence-electron chi connectivity index (χ2n) is 8.02.